The van der Waals surface area contributed by atoms with Gasteiger partial charge in [-0.15, -0.1) is 0 Å². The summed E-state index contributed by atoms with van der Waals surface area (Å²) in [6, 6.07) is 0. The van der Waals surface area contributed by atoms with E-state index in [0.29, 0.717) is 26.2 Å². The van der Waals surface area contributed by atoms with E-state index in [1.165, 1.54) is 6.42 Å². The van der Waals surface area contributed by atoms with E-state index in [1.807, 2.05) is 6.92 Å². The molecule has 0 heterocycles. The second-order valence-corrected chi connectivity index (χ2v) is 4.51. The van der Waals surface area contributed by atoms with E-state index in [9.17, 15) is 9.90 Å². The van der Waals surface area contributed by atoms with Crippen molar-refractivity contribution in [3.63, 3.8) is 0 Å². The Morgan fingerprint density at radius 2 is 2.06 bits per heavy atom. The van der Waals surface area contributed by atoms with Crippen molar-refractivity contribution in [1.82, 2.24) is 5.32 Å². The van der Waals surface area contributed by atoms with Gasteiger partial charge in [0.2, 0.25) is 5.91 Å². The maximum atomic E-state index is 11.4. The number of hydrogen-bond acceptors (Lipinski definition) is 3. The summed E-state index contributed by atoms with van der Waals surface area (Å²) in [4.78, 5) is 11.4. The minimum absolute atomic E-state index is 0.0348. The third kappa shape index (κ3) is 4.94. The van der Waals surface area contributed by atoms with Crippen molar-refractivity contribution in [1.29, 1.82) is 0 Å². The lowest BCUT2D eigenvalue weighted by molar-refractivity contribution is -0.123. The van der Waals surface area contributed by atoms with E-state index >= 15 is 0 Å². The molecule has 0 spiro atoms. The molecule has 2 N–H and O–H groups in total. The second-order valence-electron chi connectivity index (χ2n) is 4.51. The Hall–Kier alpha value is -0.610. The van der Waals surface area contributed by atoms with Crippen molar-refractivity contribution in [2.75, 3.05) is 19.8 Å². The van der Waals surface area contributed by atoms with E-state index < -0.39 is 5.60 Å². The molecular formula is C12H23NO3. The molecule has 1 rings (SSSR count). The number of ether oxygens (including phenoxy) is 1. The minimum atomic E-state index is -0.667. The molecule has 0 atom stereocenters. The molecule has 94 valence electrons. The summed E-state index contributed by atoms with van der Waals surface area (Å²) < 4.78 is 5.10. The average Bonchev–Trinajstić information content (AvgIpc) is 2.28. The first-order chi connectivity index (χ1) is 7.66. The van der Waals surface area contributed by atoms with Gasteiger partial charge >= 0.3 is 0 Å². The normalized spacial score (nSPS) is 19.4. The third-order valence-corrected chi connectivity index (χ3v) is 3.08. The maximum absolute atomic E-state index is 11.4. The van der Waals surface area contributed by atoms with E-state index in [4.69, 9.17) is 4.74 Å². The van der Waals surface area contributed by atoms with Gasteiger partial charge in [-0.25, -0.2) is 0 Å². The van der Waals surface area contributed by atoms with Crippen LogP contribution >= 0.6 is 0 Å². The average molecular weight is 229 g/mol. The molecule has 1 saturated carbocycles. The quantitative estimate of drug-likeness (QED) is 0.673. The lowest BCUT2D eigenvalue weighted by Crippen LogP contribution is -2.44. The van der Waals surface area contributed by atoms with Crippen LogP contribution < -0.4 is 5.32 Å². The van der Waals surface area contributed by atoms with Gasteiger partial charge in [-0.1, -0.05) is 19.3 Å². The molecule has 1 amide bonds. The highest BCUT2D eigenvalue weighted by atomic mass is 16.5. The Kier molecular flexibility index (Phi) is 5.77. The smallest absolute Gasteiger partial charge is 0.222 e. The Morgan fingerprint density at radius 3 is 2.69 bits per heavy atom. The fraction of sp³-hybridized carbons (Fsp3) is 0.917. The Morgan fingerprint density at radius 1 is 1.38 bits per heavy atom. The van der Waals surface area contributed by atoms with Gasteiger partial charge in [0.1, 0.15) is 0 Å². The topological polar surface area (TPSA) is 58.6 Å². The Balaban J connectivity index is 2.14. The molecule has 0 unspecified atom stereocenters. The van der Waals surface area contributed by atoms with E-state index in [2.05, 4.69) is 5.32 Å². The van der Waals surface area contributed by atoms with Crippen molar-refractivity contribution in [3.8, 4) is 0 Å². The summed E-state index contributed by atoms with van der Waals surface area (Å²) in [5.74, 6) is -0.0348. The summed E-state index contributed by atoms with van der Waals surface area (Å²) in [5, 5.41) is 12.9. The molecule has 1 aliphatic rings. The lowest BCUT2D eigenvalue weighted by atomic mass is 9.85. The predicted molar refractivity (Wildman–Crippen MR) is 62.2 cm³/mol. The highest BCUT2D eigenvalue weighted by molar-refractivity contribution is 5.76. The van der Waals surface area contributed by atoms with Gasteiger partial charge in [-0.05, 0) is 19.8 Å². The highest BCUT2D eigenvalue weighted by Gasteiger charge is 2.29. The molecule has 0 saturated heterocycles. The number of nitrogens with one attached hydrogen (secondary N) is 1. The number of carbonyl (C=O) groups is 1. The van der Waals surface area contributed by atoms with Gasteiger partial charge in [-0.3, -0.25) is 4.79 Å². The summed E-state index contributed by atoms with van der Waals surface area (Å²) >= 11 is 0. The van der Waals surface area contributed by atoms with Crippen molar-refractivity contribution in [3.05, 3.63) is 0 Å². The van der Waals surface area contributed by atoms with Crippen LogP contribution in [0.4, 0.5) is 0 Å². The van der Waals surface area contributed by atoms with E-state index in [1.54, 1.807) is 0 Å². The molecule has 4 nitrogen and oxygen atoms in total. The third-order valence-electron chi connectivity index (χ3n) is 3.08. The molecule has 0 radical (unpaired) electrons. The molecular weight excluding hydrogens is 206 g/mol. The zero-order valence-corrected chi connectivity index (χ0v) is 10.1. The highest BCUT2D eigenvalue weighted by Crippen LogP contribution is 2.27. The van der Waals surface area contributed by atoms with Crippen LogP contribution in [0.1, 0.15) is 45.4 Å². The molecule has 4 heteroatoms. The number of hydrogen-bond donors (Lipinski definition) is 2. The number of carbonyl (C=O) groups excluding carboxylic acids is 1. The molecule has 0 aromatic heterocycles. The monoisotopic (exact) mass is 229 g/mol. The van der Waals surface area contributed by atoms with Gasteiger partial charge in [0.25, 0.3) is 0 Å². The fourth-order valence-electron chi connectivity index (χ4n) is 2.05. The summed E-state index contributed by atoms with van der Waals surface area (Å²) in [7, 11) is 0. The fourth-order valence-corrected chi connectivity index (χ4v) is 2.05. The first kappa shape index (κ1) is 13.5. The van der Waals surface area contributed by atoms with Crippen molar-refractivity contribution in [2.45, 2.75) is 51.0 Å². The van der Waals surface area contributed by atoms with E-state index in [0.717, 1.165) is 25.7 Å². The first-order valence-corrected chi connectivity index (χ1v) is 6.23. The zero-order chi connectivity index (χ0) is 11.9. The number of aliphatic hydroxyl groups is 1. The van der Waals surface area contributed by atoms with Crippen LogP contribution in [0.3, 0.4) is 0 Å². The SMILES string of the molecule is CCOCCC(=O)NCC1(O)CCCCC1. The lowest BCUT2D eigenvalue weighted by Gasteiger charge is -2.32. The minimum Gasteiger partial charge on any atom is -0.388 e. The molecule has 0 aromatic carbocycles. The molecule has 0 aliphatic heterocycles. The molecule has 0 aromatic rings. The van der Waals surface area contributed by atoms with Crippen LogP contribution in [0.15, 0.2) is 0 Å². The summed E-state index contributed by atoms with van der Waals surface area (Å²) in [6.07, 6.45) is 5.30. The summed E-state index contributed by atoms with van der Waals surface area (Å²) in [6.45, 7) is 3.39. The second kappa shape index (κ2) is 6.86. The zero-order valence-electron chi connectivity index (χ0n) is 10.1. The van der Waals surface area contributed by atoms with Gasteiger partial charge in [-0.2, -0.15) is 0 Å². The molecule has 16 heavy (non-hydrogen) atoms. The summed E-state index contributed by atoms with van der Waals surface area (Å²) in [5.41, 5.74) is -0.667. The van der Waals surface area contributed by atoms with Crippen LogP contribution in [0.5, 0.6) is 0 Å². The molecule has 1 fully saturated rings. The predicted octanol–water partition coefficient (Wildman–Crippen LogP) is 1.22. The standard InChI is InChI=1S/C12H23NO3/c1-2-16-9-6-11(14)13-10-12(15)7-4-3-5-8-12/h15H,2-10H2,1H3,(H,13,14). The van der Waals surface area contributed by atoms with Gasteiger partial charge in [0.15, 0.2) is 0 Å². The van der Waals surface area contributed by atoms with Crippen molar-refractivity contribution < 1.29 is 14.6 Å². The van der Waals surface area contributed by atoms with Gasteiger partial charge < -0.3 is 15.2 Å². The van der Waals surface area contributed by atoms with Crippen molar-refractivity contribution in [2.24, 2.45) is 0 Å². The van der Waals surface area contributed by atoms with E-state index in [-0.39, 0.29) is 5.91 Å². The van der Waals surface area contributed by atoms with Crippen LogP contribution in [-0.2, 0) is 9.53 Å². The Bertz CT molecular complexity index is 212. The Labute approximate surface area is 97.4 Å². The maximum Gasteiger partial charge on any atom is 0.222 e. The molecule has 0 bridgehead atoms. The first-order valence-electron chi connectivity index (χ1n) is 6.23. The van der Waals surface area contributed by atoms with Crippen LogP contribution in [-0.4, -0.2) is 36.4 Å². The number of amides is 1. The van der Waals surface area contributed by atoms with Gasteiger partial charge in [0, 0.05) is 19.6 Å². The van der Waals surface area contributed by atoms with Crippen LogP contribution in [0.2, 0.25) is 0 Å². The van der Waals surface area contributed by atoms with Crippen LogP contribution in [0.25, 0.3) is 0 Å². The largest absolute Gasteiger partial charge is 0.388 e. The number of rotatable bonds is 6. The molecule has 1 aliphatic carbocycles. The van der Waals surface area contributed by atoms with Crippen LogP contribution in [0, 0.1) is 0 Å². The van der Waals surface area contributed by atoms with Crippen molar-refractivity contribution >= 4 is 5.91 Å². The van der Waals surface area contributed by atoms with Gasteiger partial charge in [0.05, 0.1) is 12.2 Å².